The first-order valence-electron chi connectivity index (χ1n) is 4.25. The average molecular weight is 159 g/mol. The van der Waals surface area contributed by atoms with Crippen molar-refractivity contribution in [2.45, 2.75) is 19.4 Å². The van der Waals surface area contributed by atoms with Crippen molar-refractivity contribution in [3.8, 4) is 0 Å². The molecule has 1 unspecified atom stereocenters. The van der Waals surface area contributed by atoms with Crippen molar-refractivity contribution >= 4 is 0 Å². The van der Waals surface area contributed by atoms with Gasteiger partial charge >= 0.3 is 0 Å². The van der Waals surface area contributed by atoms with Crippen molar-refractivity contribution in [3.05, 3.63) is 0 Å². The third-order valence-corrected chi connectivity index (χ3v) is 2.01. The maximum absolute atomic E-state index is 8.62. The predicted molar refractivity (Wildman–Crippen MR) is 43.5 cm³/mol. The highest BCUT2D eigenvalue weighted by Crippen LogP contribution is 2.03. The zero-order valence-electron chi connectivity index (χ0n) is 7.05. The van der Waals surface area contributed by atoms with Crippen molar-refractivity contribution in [3.63, 3.8) is 0 Å². The standard InChI is InChI=1S/C8H17NO2/c1-7(2-3-10)4-9-8-5-11-6-8/h7-10H,2-6H2,1H3. The van der Waals surface area contributed by atoms with E-state index in [-0.39, 0.29) is 0 Å². The van der Waals surface area contributed by atoms with Crippen LogP contribution in [0.5, 0.6) is 0 Å². The van der Waals surface area contributed by atoms with Crippen molar-refractivity contribution in [1.82, 2.24) is 5.32 Å². The first-order chi connectivity index (χ1) is 5.33. The third-order valence-electron chi connectivity index (χ3n) is 2.01. The Kier molecular flexibility index (Phi) is 3.83. The van der Waals surface area contributed by atoms with Crippen LogP contribution in [-0.4, -0.2) is 37.5 Å². The van der Waals surface area contributed by atoms with Gasteiger partial charge < -0.3 is 15.2 Å². The molecular weight excluding hydrogens is 142 g/mol. The largest absolute Gasteiger partial charge is 0.396 e. The summed E-state index contributed by atoms with van der Waals surface area (Å²) in [7, 11) is 0. The van der Waals surface area contributed by atoms with E-state index in [2.05, 4.69) is 12.2 Å². The van der Waals surface area contributed by atoms with Crippen LogP contribution >= 0.6 is 0 Å². The van der Waals surface area contributed by atoms with Crippen LogP contribution in [0.3, 0.4) is 0 Å². The predicted octanol–water partition coefficient (Wildman–Crippen LogP) is -0.00670. The van der Waals surface area contributed by atoms with Crippen LogP contribution in [0.15, 0.2) is 0 Å². The van der Waals surface area contributed by atoms with E-state index in [4.69, 9.17) is 9.84 Å². The van der Waals surface area contributed by atoms with E-state index in [9.17, 15) is 0 Å². The van der Waals surface area contributed by atoms with Crippen molar-refractivity contribution < 1.29 is 9.84 Å². The molecule has 0 bridgehead atoms. The maximum atomic E-state index is 8.62. The molecule has 2 N–H and O–H groups in total. The lowest BCUT2D eigenvalue weighted by Crippen LogP contribution is -2.47. The van der Waals surface area contributed by atoms with Crippen molar-refractivity contribution in [1.29, 1.82) is 0 Å². The molecule has 3 heteroatoms. The molecule has 3 nitrogen and oxygen atoms in total. The van der Waals surface area contributed by atoms with E-state index >= 15 is 0 Å². The molecule has 0 spiro atoms. The SMILES string of the molecule is CC(CCO)CNC1COC1. The fourth-order valence-electron chi connectivity index (χ4n) is 1.04. The summed E-state index contributed by atoms with van der Waals surface area (Å²) in [6, 6.07) is 0.566. The third kappa shape index (κ3) is 3.18. The number of hydrogen-bond donors (Lipinski definition) is 2. The quantitative estimate of drug-likeness (QED) is 0.593. The summed E-state index contributed by atoms with van der Waals surface area (Å²) in [5.74, 6) is 0.570. The lowest BCUT2D eigenvalue weighted by atomic mass is 10.1. The van der Waals surface area contributed by atoms with Gasteiger partial charge in [-0.3, -0.25) is 0 Å². The summed E-state index contributed by atoms with van der Waals surface area (Å²) in [5, 5.41) is 12.0. The van der Waals surface area contributed by atoms with Crippen molar-refractivity contribution in [2.24, 2.45) is 5.92 Å². The highest BCUT2D eigenvalue weighted by atomic mass is 16.5. The van der Waals surface area contributed by atoms with Crippen LogP contribution in [0.1, 0.15) is 13.3 Å². The Balaban J connectivity index is 1.92. The molecule has 1 aliphatic rings. The molecule has 11 heavy (non-hydrogen) atoms. The van der Waals surface area contributed by atoms with E-state index in [0.717, 1.165) is 26.2 Å². The first kappa shape index (κ1) is 8.97. The average Bonchev–Trinajstić information content (AvgIpc) is 1.85. The topological polar surface area (TPSA) is 41.5 Å². The number of nitrogens with one attached hydrogen (secondary N) is 1. The van der Waals surface area contributed by atoms with E-state index in [1.165, 1.54) is 0 Å². The zero-order chi connectivity index (χ0) is 8.10. The van der Waals surface area contributed by atoms with Crippen molar-refractivity contribution in [2.75, 3.05) is 26.4 Å². The number of aliphatic hydroxyl groups is 1. The minimum Gasteiger partial charge on any atom is -0.396 e. The van der Waals surface area contributed by atoms with Gasteiger partial charge in [0.15, 0.2) is 0 Å². The van der Waals surface area contributed by atoms with E-state index in [1.807, 2.05) is 0 Å². The van der Waals surface area contributed by atoms with Crippen LogP contribution in [0.25, 0.3) is 0 Å². The minimum absolute atomic E-state index is 0.296. The molecule has 0 aromatic rings. The Bertz CT molecular complexity index is 104. The van der Waals surface area contributed by atoms with E-state index in [1.54, 1.807) is 0 Å². The summed E-state index contributed by atoms with van der Waals surface area (Å²) in [4.78, 5) is 0. The number of ether oxygens (including phenoxy) is 1. The molecule has 66 valence electrons. The van der Waals surface area contributed by atoms with Crippen LogP contribution in [-0.2, 0) is 4.74 Å². The Hall–Kier alpha value is -0.120. The molecule has 0 aromatic carbocycles. The molecule has 1 atom stereocenters. The molecule has 0 aliphatic carbocycles. The lowest BCUT2D eigenvalue weighted by molar-refractivity contribution is -0.00650. The van der Waals surface area contributed by atoms with Gasteiger partial charge in [0.1, 0.15) is 0 Å². The molecular formula is C8H17NO2. The molecule has 1 fully saturated rings. The number of rotatable bonds is 5. The van der Waals surface area contributed by atoms with Gasteiger partial charge in [-0.2, -0.15) is 0 Å². The zero-order valence-corrected chi connectivity index (χ0v) is 7.05. The second-order valence-electron chi connectivity index (χ2n) is 3.26. The molecule has 0 radical (unpaired) electrons. The monoisotopic (exact) mass is 159 g/mol. The fraction of sp³-hybridized carbons (Fsp3) is 1.00. The highest BCUT2D eigenvalue weighted by molar-refractivity contribution is 4.73. The first-order valence-corrected chi connectivity index (χ1v) is 4.25. The highest BCUT2D eigenvalue weighted by Gasteiger charge is 2.17. The van der Waals surface area contributed by atoms with Crippen LogP contribution in [0.2, 0.25) is 0 Å². The van der Waals surface area contributed by atoms with Gasteiger partial charge in [0.05, 0.1) is 19.3 Å². The Morgan fingerprint density at radius 3 is 2.82 bits per heavy atom. The summed E-state index contributed by atoms with van der Waals surface area (Å²) in [6.07, 6.45) is 0.889. The number of hydrogen-bond acceptors (Lipinski definition) is 3. The Labute approximate surface area is 67.7 Å². The molecule has 0 amide bonds. The van der Waals surface area contributed by atoms with Gasteiger partial charge in [0, 0.05) is 6.61 Å². The minimum atomic E-state index is 0.296. The Morgan fingerprint density at radius 2 is 2.36 bits per heavy atom. The Morgan fingerprint density at radius 1 is 1.64 bits per heavy atom. The van der Waals surface area contributed by atoms with Gasteiger partial charge in [0.25, 0.3) is 0 Å². The van der Waals surface area contributed by atoms with E-state index in [0.29, 0.717) is 18.6 Å². The van der Waals surface area contributed by atoms with Gasteiger partial charge in [-0.15, -0.1) is 0 Å². The van der Waals surface area contributed by atoms with Gasteiger partial charge in [-0.25, -0.2) is 0 Å². The molecule has 1 aliphatic heterocycles. The fourth-order valence-corrected chi connectivity index (χ4v) is 1.04. The van der Waals surface area contributed by atoms with Gasteiger partial charge in [-0.1, -0.05) is 6.92 Å². The smallest absolute Gasteiger partial charge is 0.0643 e. The lowest BCUT2D eigenvalue weighted by Gasteiger charge is -2.28. The molecule has 1 rings (SSSR count). The molecule has 0 saturated carbocycles. The summed E-state index contributed by atoms with van der Waals surface area (Å²) < 4.78 is 5.02. The summed E-state index contributed by atoms with van der Waals surface area (Å²) in [5.41, 5.74) is 0. The second-order valence-corrected chi connectivity index (χ2v) is 3.26. The second kappa shape index (κ2) is 4.70. The van der Waals surface area contributed by atoms with Crippen LogP contribution < -0.4 is 5.32 Å². The molecule has 1 heterocycles. The van der Waals surface area contributed by atoms with Crippen LogP contribution in [0, 0.1) is 5.92 Å². The normalized spacial score (nSPS) is 21.3. The van der Waals surface area contributed by atoms with Gasteiger partial charge in [-0.05, 0) is 18.9 Å². The maximum Gasteiger partial charge on any atom is 0.0643 e. The number of aliphatic hydroxyl groups excluding tert-OH is 1. The molecule has 1 saturated heterocycles. The van der Waals surface area contributed by atoms with Gasteiger partial charge in [0.2, 0.25) is 0 Å². The summed E-state index contributed by atoms with van der Waals surface area (Å²) in [6.45, 7) is 5.14. The van der Waals surface area contributed by atoms with Crippen LogP contribution in [0.4, 0.5) is 0 Å². The molecule has 0 aromatic heterocycles. The summed E-state index contributed by atoms with van der Waals surface area (Å²) >= 11 is 0. The van der Waals surface area contributed by atoms with E-state index < -0.39 is 0 Å².